The van der Waals surface area contributed by atoms with Crippen molar-refractivity contribution in [3.05, 3.63) is 77.1 Å². The molecule has 0 radical (unpaired) electrons. The number of hydrogen-bond donors (Lipinski definition) is 0. The second-order valence-corrected chi connectivity index (χ2v) is 12.0. The van der Waals surface area contributed by atoms with Crippen molar-refractivity contribution in [1.82, 2.24) is 14.5 Å². The van der Waals surface area contributed by atoms with Crippen molar-refractivity contribution >= 4 is 30.5 Å². The van der Waals surface area contributed by atoms with Gasteiger partial charge in [-0.25, -0.2) is 13.8 Å². The fourth-order valence-electron chi connectivity index (χ4n) is 5.25. The van der Waals surface area contributed by atoms with Crippen molar-refractivity contribution in [2.24, 2.45) is 0 Å². The molecule has 3 aromatic carbocycles. The van der Waals surface area contributed by atoms with Gasteiger partial charge in [0.1, 0.15) is 23.2 Å². The van der Waals surface area contributed by atoms with Gasteiger partial charge in [0.05, 0.1) is 28.7 Å². The van der Waals surface area contributed by atoms with Gasteiger partial charge in [-0.1, -0.05) is 26.1 Å². The van der Waals surface area contributed by atoms with E-state index in [9.17, 15) is 13.6 Å². The van der Waals surface area contributed by atoms with Crippen LogP contribution in [-0.4, -0.2) is 54.8 Å². The number of carbonyl (C=O) groups excluding carboxylic acids is 1. The number of aldehydes is 1. The second-order valence-electron chi connectivity index (χ2n) is 9.71. The monoisotopic (exact) mass is 543 g/mol. The maximum Gasteiger partial charge on any atom is 0.387 e. The van der Waals surface area contributed by atoms with E-state index >= 15 is 8.78 Å². The highest BCUT2D eigenvalue weighted by atomic mass is 31.1. The van der Waals surface area contributed by atoms with Gasteiger partial charge in [-0.2, -0.15) is 8.78 Å². The van der Waals surface area contributed by atoms with E-state index in [1.807, 2.05) is 36.9 Å². The maximum absolute atomic E-state index is 15.2. The van der Waals surface area contributed by atoms with Crippen LogP contribution in [0.1, 0.15) is 40.3 Å². The number of carbonyl (C=O) groups is 1. The van der Waals surface area contributed by atoms with Gasteiger partial charge in [-0.15, -0.1) is 0 Å². The summed E-state index contributed by atoms with van der Waals surface area (Å²) in [5.41, 5.74) is 1.89. The lowest BCUT2D eigenvalue weighted by Gasteiger charge is -2.22. The molecule has 38 heavy (non-hydrogen) atoms. The van der Waals surface area contributed by atoms with Crippen LogP contribution < -0.4 is 10.0 Å². The van der Waals surface area contributed by atoms with Crippen LogP contribution in [0.4, 0.5) is 17.6 Å². The van der Waals surface area contributed by atoms with Crippen LogP contribution >= 0.6 is 7.92 Å². The van der Waals surface area contributed by atoms with Crippen LogP contribution in [-0.2, 0) is 0 Å². The molecular formula is C28H26F4N3O2P. The van der Waals surface area contributed by atoms with Crippen LogP contribution in [0.15, 0.2) is 48.5 Å². The summed E-state index contributed by atoms with van der Waals surface area (Å²) in [6, 6.07) is 11.4. The molecule has 0 amide bonds. The third kappa shape index (κ3) is 4.48. The molecule has 0 spiro atoms. The average Bonchev–Trinajstić information content (AvgIpc) is 3.40. The first-order valence-electron chi connectivity index (χ1n) is 12.0. The van der Waals surface area contributed by atoms with E-state index in [1.54, 1.807) is 24.3 Å². The zero-order valence-corrected chi connectivity index (χ0v) is 22.1. The largest absolute Gasteiger partial charge is 0.434 e. The summed E-state index contributed by atoms with van der Waals surface area (Å²) in [6.07, 6.45) is 1.05. The lowest BCUT2D eigenvalue weighted by atomic mass is 9.96. The maximum atomic E-state index is 15.2. The predicted molar refractivity (Wildman–Crippen MR) is 141 cm³/mol. The van der Waals surface area contributed by atoms with Crippen molar-refractivity contribution < 1.29 is 27.1 Å². The summed E-state index contributed by atoms with van der Waals surface area (Å²) < 4.78 is 63.6. The average molecular weight is 544 g/mol. The molecule has 0 fully saturated rings. The van der Waals surface area contributed by atoms with E-state index in [-0.39, 0.29) is 22.9 Å². The molecule has 2 atom stereocenters. The Balaban J connectivity index is 1.74. The van der Waals surface area contributed by atoms with Gasteiger partial charge in [0.25, 0.3) is 0 Å². The minimum absolute atomic E-state index is 0.0960. The number of aromatic nitrogens is 2. The first-order valence-corrected chi connectivity index (χ1v) is 14.2. The van der Waals surface area contributed by atoms with Gasteiger partial charge in [0.15, 0.2) is 6.29 Å². The Labute approximate surface area is 218 Å². The third-order valence-corrected chi connectivity index (χ3v) is 8.30. The molecule has 10 heteroatoms. The van der Waals surface area contributed by atoms with Crippen LogP contribution in [0.3, 0.4) is 0 Å². The van der Waals surface area contributed by atoms with Crippen molar-refractivity contribution in [1.29, 1.82) is 0 Å². The van der Waals surface area contributed by atoms with Gasteiger partial charge < -0.3 is 9.30 Å². The molecule has 1 aromatic heterocycles. The van der Waals surface area contributed by atoms with Crippen LogP contribution in [0, 0.1) is 11.6 Å². The Morgan fingerprint density at radius 3 is 2.42 bits per heavy atom. The van der Waals surface area contributed by atoms with E-state index in [0.29, 0.717) is 46.0 Å². The lowest BCUT2D eigenvalue weighted by molar-refractivity contribution is -0.0507. The molecule has 1 unspecified atom stereocenters. The number of imidazole rings is 1. The topological polar surface area (TPSA) is 47.4 Å². The molecule has 0 saturated carbocycles. The zero-order chi connectivity index (χ0) is 27.3. The Hall–Kier alpha value is -3.29. The van der Waals surface area contributed by atoms with Crippen LogP contribution in [0.25, 0.3) is 22.2 Å². The van der Waals surface area contributed by atoms with Crippen LogP contribution in [0.2, 0.25) is 0 Å². The Morgan fingerprint density at radius 2 is 1.82 bits per heavy atom. The molecule has 198 valence electrons. The first kappa shape index (κ1) is 26.3. The van der Waals surface area contributed by atoms with E-state index in [2.05, 4.69) is 0 Å². The molecule has 0 N–H and O–H groups in total. The van der Waals surface area contributed by atoms with E-state index in [4.69, 9.17) is 9.72 Å². The standard InChI is InChI=1S/C28H26F4N3O2P/c1-34(2)23-13-22(26-16(14-36)6-5-7-24(26)37-28(31)32)35-21-10-15(8-9-20(21)33-27(23)35)25-18(29)11-17(38(3)4)12-19(25)30/h5-12,14,22-23,28H,13H2,1-4H3/t22-,23?/m1/s1. The minimum Gasteiger partial charge on any atom is -0.434 e. The van der Waals surface area contributed by atoms with Crippen molar-refractivity contribution in [3.63, 3.8) is 0 Å². The Bertz CT molecular complexity index is 1510. The SMILES string of the molecule is CN(C)C1C[C@H](c2c(C=O)cccc2OC(F)F)n2c1nc1ccc(-c3c(F)cc(P(C)C)cc3F)cc12. The first-order chi connectivity index (χ1) is 18.1. The lowest BCUT2D eigenvalue weighted by Crippen LogP contribution is -2.18. The number of rotatable bonds is 7. The van der Waals surface area contributed by atoms with E-state index in [0.717, 1.165) is 0 Å². The zero-order valence-electron chi connectivity index (χ0n) is 21.3. The quantitative estimate of drug-likeness (QED) is 0.155. The third-order valence-electron chi connectivity index (χ3n) is 7.00. The number of ether oxygens (including phenoxy) is 1. The minimum atomic E-state index is -3.08. The van der Waals surface area contributed by atoms with Gasteiger partial charge in [-0.05, 0) is 75.0 Å². The van der Waals surface area contributed by atoms with Crippen molar-refractivity contribution in [2.45, 2.75) is 25.1 Å². The molecule has 1 aliphatic rings. The summed E-state index contributed by atoms with van der Waals surface area (Å²) in [6.45, 7) is 0.776. The predicted octanol–water partition coefficient (Wildman–Crippen LogP) is 6.36. The van der Waals surface area contributed by atoms with E-state index in [1.165, 1.54) is 24.3 Å². The summed E-state index contributed by atoms with van der Waals surface area (Å²) >= 11 is 0. The van der Waals surface area contributed by atoms with Crippen LogP contribution in [0.5, 0.6) is 5.75 Å². The number of halogens is 4. The highest BCUT2D eigenvalue weighted by molar-refractivity contribution is 7.64. The molecular weight excluding hydrogens is 517 g/mol. The second kappa shape index (κ2) is 10.1. The number of benzene rings is 3. The number of nitrogens with zero attached hydrogens (tertiary/aromatic N) is 3. The Morgan fingerprint density at radius 1 is 1.11 bits per heavy atom. The smallest absolute Gasteiger partial charge is 0.387 e. The molecule has 4 aromatic rings. The highest BCUT2D eigenvalue weighted by Crippen LogP contribution is 2.47. The molecule has 0 saturated heterocycles. The molecule has 5 rings (SSSR count). The highest BCUT2D eigenvalue weighted by Gasteiger charge is 2.39. The van der Waals surface area contributed by atoms with Gasteiger partial charge >= 0.3 is 6.61 Å². The van der Waals surface area contributed by atoms with Gasteiger partial charge in [-0.3, -0.25) is 9.69 Å². The normalized spacial score (nSPS) is 17.1. The van der Waals surface area contributed by atoms with Crippen molar-refractivity contribution in [2.75, 3.05) is 27.4 Å². The number of hydrogen-bond acceptors (Lipinski definition) is 4. The molecule has 0 bridgehead atoms. The summed E-state index contributed by atoms with van der Waals surface area (Å²) in [7, 11) is 3.08. The number of fused-ring (bicyclic) bond motifs is 3. The fourth-order valence-corrected chi connectivity index (χ4v) is 6.00. The van der Waals surface area contributed by atoms with Crippen molar-refractivity contribution in [3.8, 4) is 16.9 Å². The Kier molecular flexibility index (Phi) is 7.01. The summed E-state index contributed by atoms with van der Waals surface area (Å²) in [4.78, 5) is 18.7. The molecule has 2 heterocycles. The summed E-state index contributed by atoms with van der Waals surface area (Å²) in [5, 5.41) is 0.621. The summed E-state index contributed by atoms with van der Waals surface area (Å²) in [5.74, 6) is -0.743. The fraction of sp³-hybridized carbons (Fsp3) is 0.286. The molecule has 5 nitrogen and oxygen atoms in total. The molecule has 1 aliphatic heterocycles. The van der Waals surface area contributed by atoms with Gasteiger partial charge in [0, 0.05) is 11.1 Å². The van der Waals surface area contributed by atoms with Gasteiger partial charge in [0.2, 0.25) is 0 Å². The number of alkyl halides is 2. The molecule has 0 aliphatic carbocycles. The van der Waals surface area contributed by atoms with E-state index < -0.39 is 32.2 Å².